The van der Waals surface area contributed by atoms with E-state index < -0.39 is 11.7 Å². The number of esters is 1. The van der Waals surface area contributed by atoms with Crippen LogP contribution in [0.15, 0.2) is 0 Å². The maximum absolute atomic E-state index is 12.0. The van der Waals surface area contributed by atoms with Crippen molar-refractivity contribution >= 4 is 12.1 Å². The second-order valence-corrected chi connectivity index (χ2v) is 6.82. The molecule has 1 spiro atoms. The number of carbonyl (C=O) groups excluding carboxylic acids is 2. The number of piperidine rings is 1. The summed E-state index contributed by atoms with van der Waals surface area (Å²) < 4.78 is 16.0. The highest BCUT2D eigenvalue weighted by Crippen LogP contribution is 2.39. The summed E-state index contributed by atoms with van der Waals surface area (Å²) >= 11 is 0. The van der Waals surface area contributed by atoms with Crippen molar-refractivity contribution in [3.05, 3.63) is 0 Å². The van der Waals surface area contributed by atoms with Crippen molar-refractivity contribution in [1.29, 1.82) is 0 Å². The molecule has 1 amide bonds. The molecule has 0 aliphatic carbocycles. The fraction of sp³-hybridized carbons (Fsp3) is 0.867. The summed E-state index contributed by atoms with van der Waals surface area (Å²) in [6, 6.07) is 0. The van der Waals surface area contributed by atoms with Gasteiger partial charge in [0.2, 0.25) is 0 Å². The highest BCUT2D eigenvalue weighted by Gasteiger charge is 2.46. The number of rotatable bonds is 1. The monoisotopic (exact) mass is 299 g/mol. The van der Waals surface area contributed by atoms with Crippen molar-refractivity contribution in [2.45, 2.75) is 63.8 Å². The minimum atomic E-state index is -0.480. The largest absolute Gasteiger partial charge is 0.467 e. The van der Waals surface area contributed by atoms with E-state index in [2.05, 4.69) is 0 Å². The molecule has 0 saturated carbocycles. The fourth-order valence-corrected chi connectivity index (χ4v) is 2.90. The maximum Gasteiger partial charge on any atom is 0.410 e. The molecule has 0 aromatic heterocycles. The molecule has 0 unspecified atom stereocenters. The van der Waals surface area contributed by atoms with Gasteiger partial charge < -0.3 is 19.1 Å². The molecule has 120 valence electrons. The lowest BCUT2D eigenvalue weighted by Gasteiger charge is -2.39. The van der Waals surface area contributed by atoms with Crippen molar-refractivity contribution in [3.8, 4) is 0 Å². The van der Waals surface area contributed by atoms with Crippen LogP contribution >= 0.6 is 0 Å². The van der Waals surface area contributed by atoms with Crippen LogP contribution in [0.1, 0.15) is 46.5 Å². The summed E-state index contributed by atoms with van der Waals surface area (Å²) in [4.78, 5) is 25.3. The first kappa shape index (κ1) is 16.1. The predicted molar refractivity (Wildman–Crippen MR) is 75.9 cm³/mol. The van der Waals surface area contributed by atoms with E-state index in [-0.39, 0.29) is 17.7 Å². The molecule has 2 rings (SSSR count). The number of hydrogen-bond acceptors (Lipinski definition) is 5. The van der Waals surface area contributed by atoms with Crippen LogP contribution in [0, 0.1) is 0 Å². The second-order valence-electron chi connectivity index (χ2n) is 6.82. The van der Waals surface area contributed by atoms with E-state index in [1.54, 1.807) is 4.90 Å². The lowest BCUT2D eigenvalue weighted by molar-refractivity contribution is -0.160. The third kappa shape index (κ3) is 3.87. The minimum absolute atomic E-state index is 0.278. The van der Waals surface area contributed by atoms with Crippen molar-refractivity contribution < 1.29 is 23.8 Å². The number of likely N-dealkylation sites (tertiary alicyclic amines) is 1. The first-order valence-corrected chi connectivity index (χ1v) is 7.48. The molecule has 6 nitrogen and oxygen atoms in total. The van der Waals surface area contributed by atoms with Crippen LogP contribution in [-0.2, 0) is 19.0 Å². The smallest absolute Gasteiger partial charge is 0.410 e. The highest BCUT2D eigenvalue weighted by atomic mass is 16.6. The molecule has 0 bridgehead atoms. The summed E-state index contributed by atoms with van der Waals surface area (Å²) in [5, 5.41) is 0. The van der Waals surface area contributed by atoms with Crippen LogP contribution in [0.2, 0.25) is 0 Å². The van der Waals surface area contributed by atoms with E-state index in [1.807, 2.05) is 20.8 Å². The number of amides is 1. The van der Waals surface area contributed by atoms with E-state index in [9.17, 15) is 9.59 Å². The van der Waals surface area contributed by atoms with Gasteiger partial charge in [0.1, 0.15) is 5.60 Å². The first-order valence-electron chi connectivity index (χ1n) is 7.48. The molecule has 2 aliphatic rings. The van der Waals surface area contributed by atoms with Crippen molar-refractivity contribution in [2.24, 2.45) is 0 Å². The lowest BCUT2D eigenvalue weighted by Crippen LogP contribution is -2.48. The van der Waals surface area contributed by atoms with Gasteiger partial charge in [0.25, 0.3) is 0 Å². The highest BCUT2D eigenvalue weighted by molar-refractivity contribution is 5.75. The van der Waals surface area contributed by atoms with Gasteiger partial charge in [0.05, 0.1) is 12.7 Å². The van der Waals surface area contributed by atoms with Crippen LogP contribution < -0.4 is 0 Å². The van der Waals surface area contributed by atoms with Gasteiger partial charge in [-0.25, -0.2) is 9.59 Å². The van der Waals surface area contributed by atoms with Gasteiger partial charge in [0.15, 0.2) is 6.10 Å². The molecule has 2 heterocycles. The third-order valence-corrected chi connectivity index (χ3v) is 4.04. The van der Waals surface area contributed by atoms with Gasteiger partial charge in [-0.1, -0.05) is 0 Å². The zero-order valence-corrected chi connectivity index (χ0v) is 13.3. The number of methoxy groups -OCH3 is 1. The Hall–Kier alpha value is -1.30. The van der Waals surface area contributed by atoms with Crippen LogP contribution in [0.3, 0.4) is 0 Å². The topological polar surface area (TPSA) is 65.1 Å². The molecule has 1 atom stereocenters. The van der Waals surface area contributed by atoms with Crippen molar-refractivity contribution in [2.75, 3.05) is 20.2 Å². The average molecular weight is 299 g/mol. The van der Waals surface area contributed by atoms with E-state index in [4.69, 9.17) is 14.2 Å². The van der Waals surface area contributed by atoms with Gasteiger partial charge >= 0.3 is 12.1 Å². The summed E-state index contributed by atoms with van der Waals surface area (Å²) in [5.74, 6) is -0.304. The predicted octanol–water partition coefficient (Wildman–Crippen LogP) is 2.11. The van der Waals surface area contributed by atoms with Gasteiger partial charge in [-0.15, -0.1) is 0 Å². The van der Waals surface area contributed by atoms with E-state index >= 15 is 0 Å². The molecule has 0 N–H and O–H groups in total. The van der Waals surface area contributed by atoms with Crippen LogP contribution in [-0.4, -0.2) is 54.5 Å². The number of ether oxygens (including phenoxy) is 3. The van der Waals surface area contributed by atoms with Crippen molar-refractivity contribution in [1.82, 2.24) is 4.90 Å². The normalized spacial score (nSPS) is 25.0. The van der Waals surface area contributed by atoms with Crippen LogP contribution in [0.4, 0.5) is 4.79 Å². The Labute approximate surface area is 125 Å². The zero-order chi connectivity index (χ0) is 15.7. The Kier molecular flexibility index (Phi) is 4.46. The lowest BCUT2D eigenvalue weighted by atomic mass is 9.89. The average Bonchev–Trinajstić information content (AvgIpc) is 2.81. The molecule has 0 aromatic rings. The summed E-state index contributed by atoms with van der Waals surface area (Å²) in [6.07, 6.45) is 2.27. The first-order chi connectivity index (χ1) is 9.75. The van der Waals surface area contributed by atoms with E-state index in [1.165, 1.54) is 7.11 Å². The molecular formula is C15H25NO5. The fourth-order valence-electron chi connectivity index (χ4n) is 2.90. The Morgan fingerprint density at radius 2 is 1.81 bits per heavy atom. The third-order valence-electron chi connectivity index (χ3n) is 4.04. The standard InChI is InChI=1S/C15H25NO5/c1-14(2,3)21-13(18)16-9-7-15(8-10-16)6-5-11(20-15)12(17)19-4/h11H,5-10H2,1-4H3/t11-/m1/s1. The Bertz CT molecular complexity index is 407. The molecule has 21 heavy (non-hydrogen) atoms. The SMILES string of the molecule is COC(=O)[C@H]1CCC2(CCN(C(=O)OC(C)(C)C)CC2)O1. The zero-order valence-electron chi connectivity index (χ0n) is 13.3. The van der Waals surface area contributed by atoms with Gasteiger partial charge in [-0.3, -0.25) is 0 Å². The molecule has 2 fully saturated rings. The minimum Gasteiger partial charge on any atom is -0.467 e. The molecule has 0 aromatic carbocycles. The van der Waals surface area contributed by atoms with Crippen LogP contribution in [0.25, 0.3) is 0 Å². The maximum atomic E-state index is 12.0. The molecule has 2 aliphatic heterocycles. The van der Waals surface area contributed by atoms with Gasteiger partial charge in [-0.2, -0.15) is 0 Å². The van der Waals surface area contributed by atoms with E-state index in [0.29, 0.717) is 19.5 Å². The molecule has 6 heteroatoms. The molecule has 2 saturated heterocycles. The number of carbonyl (C=O) groups is 2. The molecule has 0 radical (unpaired) electrons. The Morgan fingerprint density at radius 3 is 2.33 bits per heavy atom. The quantitative estimate of drug-likeness (QED) is 0.694. The Morgan fingerprint density at radius 1 is 1.19 bits per heavy atom. The summed E-state index contributed by atoms with van der Waals surface area (Å²) in [6.45, 7) is 6.78. The molecular weight excluding hydrogens is 274 g/mol. The van der Waals surface area contributed by atoms with Crippen molar-refractivity contribution in [3.63, 3.8) is 0 Å². The van der Waals surface area contributed by atoms with E-state index in [0.717, 1.165) is 19.3 Å². The summed E-state index contributed by atoms with van der Waals surface area (Å²) in [7, 11) is 1.38. The summed E-state index contributed by atoms with van der Waals surface area (Å²) in [5.41, 5.74) is -0.760. The second kappa shape index (κ2) is 5.83. The Balaban J connectivity index is 1.86. The van der Waals surface area contributed by atoms with Gasteiger partial charge in [-0.05, 0) is 46.5 Å². The number of hydrogen-bond donors (Lipinski definition) is 0. The number of nitrogens with zero attached hydrogens (tertiary/aromatic N) is 1. The van der Waals surface area contributed by atoms with Crippen LogP contribution in [0.5, 0.6) is 0 Å². The van der Waals surface area contributed by atoms with Gasteiger partial charge in [0, 0.05) is 13.1 Å².